The summed E-state index contributed by atoms with van der Waals surface area (Å²) in [6.45, 7) is 1.62. The molecule has 3 aromatic rings. The van der Waals surface area contributed by atoms with E-state index in [1.165, 1.54) is 0 Å². The zero-order chi connectivity index (χ0) is 21.0. The van der Waals surface area contributed by atoms with Gasteiger partial charge in [-0.25, -0.2) is 17.7 Å². The second-order valence-corrected chi connectivity index (χ2v) is 9.35. The molecule has 1 aromatic heterocycles. The standard InChI is InChI=1S/C22H24N4O3S/c27-22(24-15-18-5-9-21(10-6-18)25-14-11-23-17-25)20-7-3-19(4-8-20)16-30(28,29)26-12-1-2-13-26/h3-11,14,17H,1-2,12-13,15-16H2,(H,24,27). The van der Waals surface area contributed by atoms with Crippen molar-refractivity contribution in [3.05, 3.63) is 83.9 Å². The van der Waals surface area contributed by atoms with E-state index in [9.17, 15) is 13.2 Å². The minimum Gasteiger partial charge on any atom is -0.348 e. The van der Waals surface area contributed by atoms with Gasteiger partial charge in [0.05, 0.1) is 12.1 Å². The van der Waals surface area contributed by atoms with E-state index in [0.717, 1.165) is 24.1 Å². The van der Waals surface area contributed by atoms with Crippen molar-refractivity contribution in [1.29, 1.82) is 0 Å². The molecule has 0 radical (unpaired) electrons. The molecule has 0 unspecified atom stereocenters. The van der Waals surface area contributed by atoms with Crippen molar-refractivity contribution in [1.82, 2.24) is 19.2 Å². The van der Waals surface area contributed by atoms with Crippen LogP contribution in [0.5, 0.6) is 0 Å². The minimum absolute atomic E-state index is 0.0296. The van der Waals surface area contributed by atoms with Gasteiger partial charge in [-0.2, -0.15) is 0 Å². The van der Waals surface area contributed by atoms with Crippen LogP contribution < -0.4 is 5.32 Å². The van der Waals surface area contributed by atoms with Gasteiger partial charge in [0.2, 0.25) is 10.0 Å². The average Bonchev–Trinajstić information content (AvgIpc) is 3.47. The molecule has 156 valence electrons. The second-order valence-electron chi connectivity index (χ2n) is 7.38. The van der Waals surface area contributed by atoms with Gasteiger partial charge in [-0.3, -0.25) is 4.79 Å². The van der Waals surface area contributed by atoms with Gasteiger partial charge in [-0.1, -0.05) is 24.3 Å². The maximum atomic E-state index is 12.4. The van der Waals surface area contributed by atoms with Crippen molar-refractivity contribution < 1.29 is 13.2 Å². The maximum absolute atomic E-state index is 12.4. The molecule has 1 saturated heterocycles. The quantitative estimate of drug-likeness (QED) is 0.632. The molecule has 2 aromatic carbocycles. The fraction of sp³-hybridized carbons (Fsp3) is 0.273. The smallest absolute Gasteiger partial charge is 0.251 e. The molecule has 0 saturated carbocycles. The summed E-state index contributed by atoms with van der Waals surface area (Å²) in [6, 6.07) is 14.6. The SMILES string of the molecule is O=C(NCc1ccc(-n2ccnc2)cc1)c1ccc(CS(=O)(=O)N2CCCC2)cc1. The van der Waals surface area contributed by atoms with Gasteiger partial charge in [-0.15, -0.1) is 0 Å². The molecule has 0 spiro atoms. The first-order valence-electron chi connectivity index (χ1n) is 9.93. The van der Waals surface area contributed by atoms with Gasteiger partial charge in [0.25, 0.3) is 5.91 Å². The lowest BCUT2D eigenvalue weighted by atomic mass is 10.1. The Morgan fingerprint density at radius 3 is 2.27 bits per heavy atom. The van der Waals surface area contributed by atoms with E-state index < -0.39 is 10.0 Å². The van der Waals surface area contributed by atoms with E-state index in [-0.39, 0.29) is 11.7 Å². The highest BCUT2D eigenvalue weighted by Crippen LogP contribution is 2.17. The van der Waals surface area contributed by atoms with Crippen molar-refractivity contribution in [2.75, 3.05) is 13.1 Å². The van der Waals surface area contributed by atoms with Crippen molar-refractivity contribution in [3.63, 3.8) is 0 Å². The lowest BCUT2D eigenvalue weighted by Crippen LogP contribution is -2.29. The molecule has 30 heavy (non-hydrogen) atoms. The third-order valence-corrected chi connectivity index (χ3v) is 7.07. The highest BCUT2D eigenvalue weighted by Gasteiger charge is 2.25. The molecular weight excluding hydrogens is 400 g/mol. The number of amides is 1. The molecule has 1 N–H and O–H groups in total. The van der Waals surface area contributed by atoms with E-state index in [2.05, 4.69) is 10.3 Å². The number of imidazole rings is 1. The summed E-state index contributed by atoms with van der Waals surface area (Å²) in [5, 5.41) is 2.90. The topological polar surface area (TPSA) is 84.3 Å². The van der Waals surface area contributed by atoms with Gasteiger partial charge in [-0.05, 0) is 48.2 Å². The van der Waals surface area contributed by atoms with Crippen molar-refractivity contribution in [2.24, 2.45) is 0 Å². The number of hydrogen-bond donors (Lipinski definition) is 1. The van der Waals surface area contributed by atoms with Crippen LogP contribution in [-0.4, -0.2) is 41.3 Å². The highest BCUT2D eigenvalue weighted by molar-refractivity contribution is 7.88. The lowest BCUT2D eigenvalue weighted by Gasteiger charge is -2.15. The summed E-state index contributed by atoms with van der Waals surface area (Å²) in [4.78, 5) is 16.5. The number of carbonyl (C=O) groups excluding carboxylic acids is 1. The normalized spacial score (nSPS) is 14.7. The van der Waals surface area contributed by atoms with Crippen LogP contribution in [0.3, 0.4) is 0 Å². The average molecular weight is 425 g/mol. The van der Waals surface area contributed by atoms with Gasteiger partial charge >= 0.3 is 0 Å². The molecule has 1 aliphatic heterocycles. The lowest BCUT2D eigenvalue weighted by molar-refractivity contribution is 0.0951. The first-order valence-corrected chi connectivity index (χ1v) is 11.5. The molecule has 1 fully saturated rings. The number of benzene rings is 2. The van der Waals surface area contributed by atoms with Crippen molar-refractivity contribution in [2.45, 2.75) is 25.1 Å². The fourth-order valence-electron chi connectivity index (χ4n) is 3.50. The molecule has 4 rings (SSSR count). The highest BCUT2D eigenvalue weighted by atomic mass is 32.2. The molecule has 0 bridgehead atoms. The number of rotatable bonds is 7. The number of nitrogens with one attached hydrogen (secondary N) is 1. The first-order chi connectivity index (χ1) is 14.5. The summed E-state index contributed by atoms with van der Waals surface area (Å²) in [5.74, 6) is -0.222. The summed E-state index contributed by atoms with van der Waals surface area (Å²) >= 11 is 0. The number of sulfonamides is 1. The van der Waals surface area contributed by atoms with Crippen LogP contribution in [0.4, 0.5) is 0 Å². The largest absolute Gasteiger partial charge is 0.348 e. The van der Waals surface area contributed by atoms with Crippen molar-refractivity contribution >= 4 is 15.9 Å². The fourth-order valence-corrected chi connectivity index (χ4v) is 5.11. The number of aromatic nitrogens is 2. The summed E-state index contributed by atoms with van der Waals surface area (Å²) in [5.41, 5.74) is 3.18. The Bertz CT molecular complexity index is 1090. The molecular formula is C22H24N4O3S. The van der Waals surface area contributed by atoms with Crippen LogP contribution in [0.15, 0.2) is 67.3 Å². The summed E-state index contributed by atoms with van der Waals surface area (Å²) in [7, 11) is -3.29. The van der Waals surface area contributed by atoms with Crippen molar-refractivity contribution in [3.8, 4) is 5.69 Å². The molecule has 0 atom stereocenters. The Morgan fingerprint density at radius 2 is 1.63 bits per heavy atom. The third kappa shape index (κ3) is 4.77. The van der Waals surface area contributed by atoms with Gasteiger partial charge < -0.3 is 9.88 Å². The molecule has 1 amide bonds. The van der Waals surface area contributed by atoms with E-state index in [0.29, 0.717) is 30.8 Å². The predicted octanol–water partition coefficient (Wildman–Crippen LogP) is 2.73. The van der Waals surface area contributed by atoms with Gasteiger partial charge in [0.15, 0.2) is 0 Å². The summed E-state index contributed by atoms with van der Waals surface area (Å²) < 4.78 is 28.3. The number of carbonyl (C=O) groups is 1. The van der Waals surface area contributed by atoms with Crippen LogP contribution in [0, 0.1) is 0 Å². The van der Waals surface area contributed by atoms with Crippen LogP contribution in [0.2, 0.25) is 0 Å². The number of nitrogens with zero attached hydrogens (tertiary/aromatic N) is 3. The van der Waals surface area contributed by atoms with Crippen LogP contribution in [-0.2, 0) is 22.3 Å². The Kier molecular flexibility index (Phi) is 5.96. The van der Waals surface area contributed by atoms with E-state index >= 15 is 0 Å². The number of hydrogen-bond acceptors (Lipinski definition) is 4. The van der Waals surface area contributed by atoms with Crippen LogP contribution >= 0.6 is 0 Å². The maximum Gasteiger partial charge on any atom is 0.251 e. The second kappa shape index (κ2) is 8.81. The predicted molar refractivity (Wildman–Crippen MR) is 115 cm³/mol. The Hall–Kier alpha value is -2.97. The van der Waals surface area contributed by atoms with Gasteiger partial charge in [0, 0.05) is 43.3 Å². The van der Waals surface area contributed by atoms with E-state index in [1.807, 2.05) is 35.0 Å². The molecule has 2 heterocycles. The van der Waals surface area contributed by atoms with Crippen LogP contribution in [0.1, 0.15) is 34.3 Å². The van der Waals surface area contributed by atoms with E-state index in [4.69, 9.17) is 0 Å². The zero-order valence-electron chi connectivity index (χ0n) is 16.6. The Morgan fingerprint density at radius 1 is 0.967 bits per heavy atom. The first kappa shape index (κ1) is 20.3. The monoisotopic (exact) mass is 424 g/mol. The molecule has 8 heteroatoms. The van der Waals surface area contributed by atoms with Crippen LogP contribution in [0.25, 0.3) is 5.69 Å². The van der Waals surface area contributed by atoms with E-state index in [1.54, 1.807) is 41.1 Å². The zero-order valence-corrected chi connectivity index (χ0v) is 17.4. The molecule has 0 aliphatic carbocycles. The Balaban J connectivity index is 1.32. The summed E-state index contributed by atoms with van der Waals surface area (Å²) in [6.07, 6.45) is 7.17. The van der Waals surface area contributed by atoms with Gasteiger partial charge in [0.1, 0.15) is 0 Å². The Labute approximate surface area is 176 Å². The molecule has 7 nitrogen and oxygen atoms in total. The third-order valence-electron chi connectivity index (χ3n) is 5.22. The minimum atomic E-state index is -3.29. The molecule has 1 aliphatic rings.